The van der Waals surface area contributed by atoms with Crippen LogP contribution in [0, 0.1) is 12.8 Å². The van der Waals surface area contributed by atoms with Gasteiger partial charge < -0.3 is 15.1 Å². The van der Waals surface area contributed by atoms with E-state index < -0.39 is 11.9 Å². The summed E-state index contributed by atoms with van der Waals surface area (Å²) >= 11 is 0. The molecule has 1 amide bonds. The van der Waals surface area contributed by atoms with Crippen molar-refractivity contribution in [3.05, 3.63) is 52.1 Å². The lowest BCUT2D eigenvalue weighted by molar-refractivity contribution is -0.141. The Morgan fingerprint density at radius 2 is 2.00 bits per heavy atom. The van der Waals surface area contributed by atoms with Gasteiger partial charge in [0.05, 0.1) is 24.1 Å². The number of nitrogens with zero attached hydrogens (tertiary/aromatic N) is 4. The Morgan fingerprint density at radius 3 is 2.71 bits per heavy atom. The van der Waals surface area contributed by atoms with Crippen molar-refractivity contribution in [3.8, 4) is 0 Å². The van der Waals surface area contributed by atoms with E-state index in [1.54, 1.807) is 0 Å². The van der Waals surface area contributed by atoms with Crippen LogP contribution in [0.5, 0.6) is 0 Å². The normalized spacial score (nSPS) is 18.6. The highest BCUT2D eigenvalue weighted by atomic mass is 19.4. The quantitative estimate of drug-likeness (QED) is 0.810. The van der Waals surface area contributed by atoms with Gasteiger partial charge in [0.2, 0.25) is 5.91 Å². The molecular weight excluding hydrogens is 407 g/mol. The highest BCUT2D eigenvalue weighted by molar-refractivity contribution is 5.77. The van der Waals surface area contributed by atoms with E-state index in [1.165, 1.54) is 29.0 Å². The highest BCUT2D eigenvalue weighted by Crippen LogP contribution is 2.33. The largest absolute Gasteiger partial charge is 0.433 e. The molecule has 1 N–H and O–H groups in total. The first-order valence-corrected chi connectivity index (χ1v) is 10.6. The third-order valence-corrected chi connectivity index (χ3v) is 6.58. The molecule has 0 atom stereocenters. The molecule has 0 spiro atoms. The first-order chi connectivity index (χ1) is 14.8. The Balaban J connectivity index is 1.17. The first kappa shape index (κ1) is 20.2. The summed E-state index contributed by atoms with van der Waals surface area (Å²) in [5.41, 5.74) is 5.66. The molecule has 0 saturated carbocycles. The summed E-state index contributed by atoms with van der Waals surface area (Å²) in [6.45, 7) is 6.38. The maximum atomic E-state index is 12.9. The molecule has 5 heterocycles. The summed E-state index contributed by atoms with van der Waals surface area (Å²) in [5.74, 6) is 0.314. The van der Waals surface area contributed by atoms with Crippen LogP contribution in [0.25, 0.3) is 0 Å². The Hall–Kier alpha value is -2.68. The number of aromatic nitrogens is 2. The van der Waals surface area contributed by atoms with Crippen LogP contribution in [0.2, 0.25) is 0 Å². The lowest BCUT2D eigenvalue weighted by atomic mass is 9.95. The maximum Gasteiger partial charge on any atom is 0.433 e. The van der Waals surface area contributed by atoms with Gasteiger partial charge in [-0.3, -0.25) is 9.78 Å². The van der Waals surface area contributed by atoms with Crippen molar-refractivity contribution in [2.45, 2.75) is 45.6 Å². The van der Waals surface area contributed by atoms with Gasteiger partial charge in [-0.15, -0.1) is 0 Å². The predicted octanol–water partition coefficient (Wildman–Crippen LogP) is 2.82. The smallest absolute Gasteiger partial charge is 0.370 e. The lowest BCUT2D eigenvalue weighted by Gasteiger charge is -2.41. The second-order valence-electron chi connectivity index (χ2n) is 8.64. The average Bonchev–Trinajstić information content (AvgIpc) is 3.14. The molecule has 0 aliphatic carbocycles. The van der Waals surface area contributed by atoms with Gasteiger partial charge in [0, 0.05) is 57.2 Å². The van der Waals surface area contributed by atoms with E-state index in [0.717, 1.165) is 37.0 Å². The molecule has 3 aliphatic rings. The summed E-state index contributed by atoms with van der Waals surface area (Å²) in [5, 5.41) is 3.39. The summed E-state index contributed by atoms with van der Waals surface area (Å²) < 4.78 is 38.0. The molecule has 164 valence electrons. The van der Waals surface area contributed by atoms with Crippen LogP contribution in [-0.2, 0) is 37.0 Å². The fourth-order valence-electron chi connectivity index (χ4n) is 4.75. The minimum absolute atomic E-state index is 0.115. The second-order valence-corrected chi connectivity index (χ2v) is 8.64. The van der Waals surface area contributed by atoms with E-state index in [4.69, 9.17) is 4.98 Å². The average molecular weight is 431 g/mol. The minimum Gasteiger partial charge on any atom is -0.370 e. The van der Waals surface area contributed by atoms with Crippen molar-refractivity contribution in [1.82, 2.24) is 20.2 Å². The number of amides is 1. The number of carbonyl (C=O) groups excluding carboxylic acids is 1. The number of hydrogen-bond donors (Lipinski definition) is 1. The molecule has 0 aromatic carbocycles. The van der Waals surface area contributed by atoms with Crippen LogP contribution in [0.1, 0.15) is 40.2 Å². The second kappa shape index (κ2) is 7.47. The molecule has 31 heavy (non-hydrogen) atoms. The molecular formula is C22H24F3N5O. The predicted molar refractivity (Wildman–Crippen MR) is 108 cm³/mol. The Labute approximate surface area is 178 Å². The third kappa shape index (κ3) is 3.75. The number of halogens is 3. The number of fused-ring (bicyclic) bond motifs is 2. The molecule has 2 aromatic rings. The molecule has 5 rings (SSSR count). The highest BCUT2D eigenvalue weighted by Gasteiger charge is 2.35. The van der Waals surface area contributed by atoms with E-state index in [1.807, 2.05) is 9.80 Å². The number of hydrogen-bond acceptors (Lipinski definition) is 5. The van der Waals surface area contributed by atoms with Crippen LogP contribution in [0.15, 0.2) is 18.3 Å². The fraction of sp³-hybridized carbons (Fsp3) is 0.500. The number of alkyl halides is 3. The number of anilines is 1. The van der Waals surface area contributed by atoms with Gasteiger partial charge in [0.25, 0.3) is 0 Å². The first-order valence-electron chi connectivity index (χ1n) is 10.6. The van der Waals surface area contributed by atoms with Crippen LogP contribution in [0.4, 0.5) is 18.9 Å². The molecule has 1 saturated heterocycles. The Kier molecular flexibility index (Phi) is 4.88. The summed E-state index contributed by atoms with van der Waals surface area (Å²) in [4.78, 5) is 25.1. The molecule has 9 heteroatoms. The van der Waals surface area contributed by atoms with Crippen LogP contribution in [-0.4, -0.2) is 40.4 Å². The molecule has 2 aromatic heterocycles. The topological polar surface area (TPSA) is 61.4 Å². The minimum atomic E-state index is -4.43. The van der Waals surface area contributed by atoms with E-state index in [0.29, 0.717) is 38.3 Å². The zero-order valence-corrected chi connectivity index (χ0v) is 17.3. The van der Waals surface area contributed by atoms with Crippen LogP contribution in [0.3, 0.4) is 0 Å². The standard InChI is InChI=1S/C22H24F3N5O/c1-13-16-8-26-5-4-18(16)28-19-12-30(11-17(13)19)21(31)6-14-9-29(10-14)15-2-3-20(27-7-15)22(23,24)25/h2-3,7,14,26H,4-6,8-12H2,1H3. The van der Waals surface area contributed by atoms with Crippen molar-refractivity contribution in [2.75, 3.05) is 24.5 Å². The van der Waals surface area contributed by atoms with Crippen LogP contribution >= 0.6 is 0 Å². The van der Waals surface area contributed by atoms with Gasteiger partial charge >= 0.3 is 6.18 Å². The van der Waals surface area contributed by atoms with Crippen LogP contribution < -0.4 is 10.2 Å². The van der Waals surface area contributed by atoms with Crippen molar-refractivity contribution in [2.24, 2.45) is 5.92 Å². The van der Waals surface area contributed by atoms with Crippen molar-refractivity contribution in [3.63, 3.8) is 0 Å². The lowest BCUT2D eigenvalue weighted by Crippen LogP contribution is -2.48. The van der Waals surface area contributed by atoms with E-state index in [2.05, 4.69) is 17.2 Å². The van der Waals surface area contributed by atoms with Gasteiger partial charge in [0.1, 0.15) is 5.69 Å². The zero-order valence-electron chi connectivity index (χ0n) is 17.3. The third-order valence-electron chi connectivity index (χ3n) is 6.58. The summed E-state index contributed by atoms with van der Waals surface area (Å²) in [7, 11) is 0. The Morgan fingerprint density at radius 1 is 1.19 bits per heavy atom. The van der Waals surface area contributed by atoms with Gasteiger partial charge in [-0.2, -0.15) is 13.2 Å². The summed E-state index contributed by atoms with van der Waals surface area (Å²) in [6, 6.07) is 2.44. The number of carbonyl (C=O) groups is 1. The molecule has 0 bridgehead atoms. The monoisotopic (exact) mass is 431 g/mol. The molecule has 1 fully saturated rings. The molecule has 3 aliphatic heterocycles. The number of pyridine rings is 2. The molecule has 0 unspecified atom stereocenters. The zero-order chi connectivity index (χ0) is 21.8. The van der Waals surface area contributed by atoms with Crippen molar-refractivity contribution >= 4 is 11.6 Å². The van der Waals surface area contributed by atoms with Gasteiger partial charge in [-0.05, 0) is 35.7 Å². The van der Waals surface area contributed by atoms with Crippen molar-refractivity contribution < 1.29 is 18.0 Å². The van der Waals surface area contributed by atoms with Gasteiger partial charge in [0.15, 0.2) is 0 Å². The fourth-order valence-corrected chi connectivity index (χ4v) is 4.75. The summed E-state index contributed by atoms with van der Waals surface area (Å²) in [6.07, 6.45) is -1.81. The SMILES string of the molecule is Cc1c2c(nc3c1CN(C(=O)CC1CN(c4ccc(C(F)(F)F)nc4)C1)C3)CCNC2. The van der Waals surface area contributed by atoms with E-state index in [9.17, 15) is 18.0 Å². The van der Waals surface area contributed by atoms with E-state index >= 15 is 0 Å². The van der Waals surface area contributed by atoms with Crippen molar-refractivity contribution in [1.29, 1.82) is 0 Å². The molecule has 0 radical (unpaired) electrons. The Bertz CT molecular complexity index is 1020. The maximum absolute atomic E-state index is 12.9. The number of rotatable bonds is 3. The van der Waals surface area contributed by atoms with E-state index in [-0.39, 0.29) is 11.8 Å². The van der Waals surface area contributed by atoms with Gasteiger partial charge in [-0.25, -0.2) is 4.98 Å². The van der Waals surface area contributed by atoms with Gasteiger partial charge in [-0.1, -0.05) is 0 Å². The molecule has 6 nitrogen and oxygen atoms in total. The number of nitrogens with one attached hydrogen (secondary N) is 1.